The first kappa shape index (κ1) is 14.1. The van der Waals surface area contributed by atoms with Crippen molar-refractivity contribution in [2.45, 2.75) is 13.0 Å². The van der Waals surface area contributed by atoms with Gasteiger partial charge in [0.25, 0.3) is 0 Å². The summed E-state index contributed by atoms with van der Waals surface area (Å²) < 4.78 is 28.9. The summed E-state index contributed by atoms with van der Waals surface area (Å²) in [6.07, 6.45) is 0. The number of hydrogen-bond acceptors (Lipinski definition) is 2. The number of nitrogens with one attached hydrogen (secondary N) is 1. The summed E-state index contributed by atoms with van der Waals surface area (Å²) in [6, 6.07) is 9.06. The summed E-state index contributed by atoms with van der Waals surface area (Å²) in [5, 5.41) is 0. The number of benzene rings is 2. The van der Waals surface area contributed by atoms with Gasteiger partial charge in [0, 0.05) is 10.0 Å². The zero-order chi connectivity index (χ0) is 14.0. The number of halogens is 3. The Balaban J connectivity index is 2.57. The van der Waals surface area contributed by atoms with Crippen molar-refractivity contribution in [2.24, 2.45) is 5.84 Å². The highest BCUT2D eigenvalue weighted by Gasteiger charge is 2.22. The zero-order valence-corrected chi connectivity index (χ0v) is 11.8. The van der Waals surface area contributed by atoms with E-state index in [1.165, 1.54) is 12.1 Å². The van der Waals surface area contributed by atoms with Gasteiger partial charge in [-0.1, -0.05) is 34.1 Å². The minimum atomic E-state index is -0.739. The van der Waals surface area contributed by atoms with Gasteiger partial charge >= 0.3 is 0 Å². The fraction of sp³-hybridized carbons (Fsp3) is 0.143. The molecule has 0 aromatic heterocycles. The van der Waals surface area contributed by atoms with E-state index in [-0.39, 0.29) is 5.56 Å². The molecule has 2 rings (SSSR count). The molecule has 1 unspecified atom stereocenters. The lowest BCUT2D eigenvalue weighted by atomic mass is 9.96. The molecule has 0 saturated heterocycles. The Morgan fingerprint density at radius 1 is 1.21 bits per heavy atom. The number of hydrazine groups is 1. The summed E-state index contributed by atoms with van der Waals surface area (Å²) in [7, 11) is 0. The maximum atomic E-state index is 14.1. The Kier molecular flexibility index (Phi) is 4.29. The van der Waals surface area contributed by atoms with Crippen LogP contribution in [0.5, 0.6) is 0 Å². The van der Waals surface area contributed by atoms with Gasteiger partial charge in [0.15, 0.2) is 0 Å². The van der Waals surface area contributed by atoms with Crippen molar-refractivity contribution in [1.29, 1.82) is 0 Å². The van der Waals surface area contributed by atoms with Crippen LogP contribution in [0, 0.1) is 18.6 Å². The van der Waals surface area contributed by atoms with Crippen molar-refractivity contribution in [2.75, 3.05) is 0 Å². The van der Waals surface area contributed by atoms with Crippen molar-refractivity contribution in [3.05, 3.63) is 69.2 Å². The van der Waals surface area contributed by atoms with Crippen LogP contribution in [0.25, 0.3) is 0 Å². The van der Waals surface area contributed by atoms with E-state index in [1.54, 1.807) is 25.1 Å². The quantitative estimate of drug-likeness (QED) is 0.668. The topological polar surface area (TPSA) is 38.0 Å². The monoisotopic (exact) mass is 326 g/mol. The molecule has 0 aliphatic rings. The molecule has 0 spiro atoms. The molecule has 1 atom stereocenters. The van der Waals surface area contributed by atoms with Gasteiger partial charge in [0.2, 0.25) is 0 Å². The SMILES string of the molecule is Cc1ccc(F)c(C(NN)c2cccc(Br)c2)c1F. The summed E-state index contributed by atoms with van der Waals surface area (Å²) in [5.74, 6) is 4.28. The summed E-state index contributed by atoms with van der Waals surface area (Å²) in [4.78, 5) is 0. The fourth-order valence-electron chi connectivity index (χ4n) is 1.98. The molecular weight excluding hydrogens is 314 g/mol. The second-order valence-electron chi connectivity index (χ2n) is 4.25. The van der Waals surface area contributed by atoms with Gasteiger partial charge in [-0.25, -0.2) is 14.2 Å². The van der Waals surface area contributed by atoms with E-state index < -0.39 is 17.7 Å². The standard InChI is InChI=1S/C14H13BrF2N2/c1-8-5-6-11(16)12(13(8)17)14(19-18)9-3-2-4-10(15)7-9/h2-7,14,19H,18H2,1H3. The maximum absolute atomic E-state index is 14.1. The van der Waals surface area contributed by atoms with Crippen LogP contribution in [0.15, 0.2) is 40.9 Å². The lowest BCUT2D eigenvalue weighted by Gasteiger charge is -2.19. The molecule has 2 nitrogen and oxygen atoms in total. The van der Waals surface area contributed by atoms with Crippen LogP contribution in [0.2, 0.25) is 0 Å². The van der Waals surface area contributed by atoms with E-state index in [0.717, 1.165) is 4.47 Å². The molecule has 0 aliphatic carbocycles. The second-order valence-corrected chi connectivity index (χ2v) is 5.16. The maximum Gasteiger partial charge on any atom is 0.134 e. The molecule has 0 bridgehead atoms. The van der Waals surface area contributed by atoms with Gasteiger partial charge in [-0.3, -0.25) is 5.84 Å². The van der Waals surface area contributed by atoms with E-state index in [4.69, 9.17) is 5.84 Å². The number of hydrogen-bond donors (Lipinski definition) is 2. The summed E-state index contributed by atoms with van der Waals surface area (Å²) in [6.45, 7) is 1.59. The second kappa shape index (κ2) is 5.77. The van der Waals surface area contributed by atoms with Crippen LogP contribution < -0.4 is 11.3 Å². The van der Waals surface area contributed by atoms with E-state index >= 15 is 0 Å². The van der Waals surface area contributed by atoms with Crippen LogP contribution in [-0.2, 0) is 0 Å². The molecule has 2 aromatic rings. The third-order valence-corrected chi connectivity index (χ3v) is 3.45. The normalized spacial score (nSPS) is 12.5. The van der Waals surface area contributed by atoms with Gasteiger partial charge in [0.1, 0.15) is 11.6 Å². The molecule has 2 aromatic carbocycles. The number of nitrogens with two attached hydrogens (primary N) is 1. The lowest BCUT2D eigenvalue weighted by molar-refractivity contribution is 0.506. The Bertz CT molecular complexity index is 602. The molecule has 0 fully saturated rings. The Hall–Kier alpha value is -1.30. The van der Waals surface area contributed by atoms with Crippen LogP contribution in [-0.4, -0.2) is 0 Å². The average molecular weight is 327 g/mol. The first-order valence-electron chi connectivity index (χ1n) is 5.70. The number of aryl methyl sites for hydroxylation is 1. The van der Waals surface area contributed by atoms with E-state index in [2.05, 4.69) is 21.4 Å². The van der Waals surface area contributed by atoms with Crippen molar-refractivity contribution in [3.63, 3.8) is 0 Å². The van der Waals surface area contributed by atoms with Crippen LogP contribution in [0.3, 0.4) is 0 Å². The molecule has 5 heteroatoms. The van der Waals surface area contributed by atoms with E-state index in [1.807, 2.05) is 6.07 Å². The molecule has 0 amide bonds. The Morgan fingerprint density at radius 2 is 1.95 bits per heavy atom. The predicted molar refractivity (Wildman–Crippen MR) is 74.4 cm³/mol. The minimum Gasteiger partial charge on any atom is -0.271 e. The van der Waals surface area contributed by atoms with Gasteiger partial charge in [-0.05, 0) is 36.2 Å². The van der Waals surface area contributed by atoms with Gasteiger partial charge < -0.3 is 0 Å². The zero-order valence-electron chi connectivity index (χ0n) is 10.3. The van der Waals surface area contributed by atoms with Crippen LogP contribution in [0.1, 0.15) is 22.7 Å². The minimum absolute atomic E-state index is 0.0689. The largest absolute Gasteiger partial charge is 0.271 e. The number of rotatable bonds is 3. The molecule has 0 radical (unpaired) electrons. The molecule has 100 valence electrons. The van der Waals surface area contributed by atoms with Crippen molar-refractivity contribution < 1.29 is 8.78 Å². The molecule has 0 aliphatic heterocycles. The van der Waals surface area contributed by atoms with Crippen molar-refractivity contribution in [3.8, 4) is 0 Å². The lowest BCUT2D eigenvalue weighted by Crippen LogP contribution is -2.30. The Labute approximate surface area is 118 Å². The first-order valence-corrected chi connectivity index (χ1v) is 6.50. The first-order chi connectivity index (χ1) is 9.04. The van der Waals surface area contributed by atoms with Gasteiger partial charge in [-0.2, -0.15) is 0 Å². The third-order valence-electron chi connectivity index (χ3n) is 2.96. The highest BCUT2D eigenvalue weighted by Crippen LogP contribution is 2.29. The Morgan fingerprint density at radius 3 is 2.58 bits per heavy atom. The summed E-state index contributed by atoms with van der Waals surface area (Å²) >= 11 is 3.33. The van der Waals surface area contributed by atoms with Crippen LogP contribution >= 0.6 is 15.9 Å². The van der Waals surface area contributed by atoms with E-state index in [0.29, 0.717) is 11.1 Å². The molecule has 0 saturated carbocycles. The molecule has 0 heterocycles. The fourth-order valence-corrected chi connectivity index (χ4v) is 2.39. The summed E-state index contributed by atoms with van der Waals surface area (Å²) in [5.41, 5.74) is 3.46. The molecule has 19 heavy (non-hydrogen) atoms. The smallest absolute Gasteiger partial charge is 0.134 e. The molecule has 3 N–H and O–H groups in total. The van der Waals surface area contributed by atoms with Crippen molar-refractivity contribution >= 4 is 15.9 Å². The van der Waals surface area contributed by atoms with Gasteiger partial charge in [0.05, 0.1) is 6.04 Å². The third kappa shape index (κ3) is 2.83. The predicted octanol–water partition coefficient (Wildman–Crippen LogP) is 3.59. The molecular formula is C14H13BrF2N2. The average Bonchev–Trinajstić information content (AvgIpc) is 2.39. The van der Waals surface area contributed by atoms with Crippen LogP contribution in [0.4, 0.5) is 8.78 Å². The highest BCUT2D eigenvalue weighted by molar-refractivity contribution is 9.10. The van der Waals surface area contributed by atoms with E-state index in [9.17, 15) is 8.78 Å². The highest BCUT2D eigenvalue weighted by atomic mass is 79.9. The van der Waals surface area contributed by atoms with Crippen molar-refractivity contribution in [1.82, 2.24) is 5.43 Å². The van der Waals surface area contributed by atoms with Gasteiger partial charge in [-0.15, -0.1) is 0 Å².